The molecule has 6 nitrogen and oxygen atoms in total. The molecule has 0 aromatic carbocycles. The third-order valence-electron chi connectivity index (χ3n) is 2.31. The predicted octanol–water partition coefficient (Wildman–Crippen LogP) is 0.433. The molecule has 2 heterocycles. The number of aromatic nitrogens is 3. The van der Waals surface area contributed by atoms with Crippen LogP contribution in [0.15, 0.2) is 36.8 Å². The molecule has 0 aliphatic rings. The van der Waals surface area contributed by atoms with Crippen LogP contribution in [0.5, 0.6) is 5.88 Å². The van der Waals surface area contributed by atoms with E-state index >= 15 is 0 Å². The number of nitrogens with two attached hydrogens (primary N) is 1. The second-order valence-electron chi connectivity index (χ2n) is 3.31. The lowest BCUT2D eigenvalue weighted by Gasteiger charge is -2.16. The first-order chi connectivity index (χ1) is 8.36. The summed E-state index contributed by atoms with van der Waals surface area (Å²) in [5.74, 6) is 5.98. The molecular formula is C11H13N5O. The van der Waals surface area contributed by atoms with Crippen LogP contribution in [0.1, 0.15) is 17.4 Å². The Kier molecular flexibility index (Phi) is 3.59. The minimum Gasteiger partial charge on any atom is -0.480 e. The fourth-order valence-corrected chi connectivity index (χ4v) is 1.54. The number of methoxy groups -OCH3 is 1. The van der Waals surface area contributed by atoms with Crippen molar-refractivity contribution >= 4 is 0 Å². The van der Waals surface area contributed by atoms with Crippen LogP contribution in [0.4, 0.5) is 0 Å². The largest absolute Gasteiger partial charge is 0.480 e. The van der Waals surface area contributed by atoms with Crippen LogP contribution >= 0.6 is 0 Å². The van der Waals surface area contributed by atoms with E-state index in [0.717, 1.165) is 5.69 Å². The average Bonchev–Trinajstić information content (AvgIpc) is 2.41. The van der Waals surface area contributed by atoms with Crippen molar-refractivity contribution in [2.24, 2.45) is 5.84 Å². The number of hydrazine groups is 1. The van der Waals surface area contributed by atoms with Crippen LogP contribution < -0.4 is 16.0 Å². The lowest BCUT2D eigenvalue weighted by Crippen LogP contribution is -2.30. The summed E-state index contributed by atoms with van der Waals surface area (Å²) in [4.78, 5) is 12.5. The van der Waals surface area contributed by atoms with E-state index in [4.69, 9.17) is 10.6 Å². The molecule has 88 valence electrons. The summed E-state index contributed by atoms with van der Waals surface area (Å²) < 4.78 is 5.15. The molecule has 0 saturated carbocycles. The average molecular weight is 231 g/mol. The zero-order valence-electron chi connectivity index (χ0n) is 9.37. The van der Waals surface area contributed by atoms with E-state index in [9.17, 15) is 0 Å². The van der Waals surface area contributed by atoms with Crippen molar-refractivity contribution in [3.63, 3.8) is 0 Å². The fraction of sp³-hybridized carbons (Fsp3) is 0.182. The summed E-state index contributed by atoms with van der Waals surface area (Å²) >= 11 is 0. The lowest BCUT2D eigenvalue weighted by molar-refractivity contribution is 0.382. The van der Waals surface area contributed by atoms with Crippen LogP contribution in [0, 0.1) is 0 Å². The SMILES string of the molecule is COc1nccnc1C(NN)c1ccccn1. The number of hydrogen-bond acceptors (Lipinski definition) is 6. The first kappa shape index (κ1) is 11.4. The van der Waals surface area contributed by atoms with Gasteiger partial charge in [-0.3, -0.25) is 15.8 Å². The van der Waals surface area contributed by atoms with Crippen LogP contribution in [-0.2, 0) is 0 Å². The van der Waals surface area contributed by atoms with Gasteiger partial charge in [-0.05, 0) is 12.1 Å². The fourth-order valence-electron chi connectivity index (χ4n) is 1.54. The molecule has 0 amide bonds. The minimum absolute atomic E-state index is 0.347. The van der Waals surface area contributed by atoms with Gasteiger partial charge in [0, 0.05) is 18.6 Å². The Hall–Kier alpha value is -2.05. The van der Waals surface area contributed by atoms with Gasteiger partial charge in [0.2, 0.25) is 5.88 Å². The van der Waals surface area contributed by atoms with E-state index < -0.39 is 0 Å². The molecule has 0 aliphatic carbocycles. The van der Waals surface area contributed by atoms with E-state index in [1.54, 1.807) is 25.7 Å². The second-order valence-corrected chi connectivity index (χ2v) is 3.31. The van der Waals surface area contributed by atoms with Crippen molar-refractivity contribution in [3.05, 3.63) is 48.2 Å². The van der Waals surface area contributed by atoms with Crippen molar-refractivity contribution in [1.82, 2.24) is 20.4 Å². The van der Waals surface area contributed by atoms with E-state index in [1.807, 2.05) is 18.2 Å². The molecule has 0 saturated heterocycles. The summed E-state index contributed by atoms with van der Waals surface area (Å²) in [5.41, 5.74) is 4.03. The highest BCUT2D eigenvalue weighted by Gasteiger charge is 2.20. The van der Waals surface area contributed by atoms with Crippen molar-refractivity contribution < 1.29 is 4.74 Å². The topological polar surface area (TPSA) is 86.0 Å². The number of ether oxygens (including phenoxy) is 1. The van der Waals surface area contributed by atoms with Gasteiger partial charge in [0.1, 0.15) is 11.7 Å². The minimum atomic E-state index is -0.347. The van der Waals surface area contributed by atoms with E-state index in [-0.39, 0.29) is 6.04 Å². The smallest absolute Gasteiger partial charge is 0.237 e. The molecule has 17 heavy (non-hydrogen) atoms. The summed E-state index contributed by atoms with van der Waals surface area (Å²) in [5, 5.41) is 0. The van der Waals surface area contributed by atoms with Gasteiger partial charge in [-0.15, -0.1) is 0 Å². The summed E-state index contributed by atoms with van der Waals surface area (Å²) in [6.45, 7) is 0. The van der Waals surface area contributed by atoms with Crippen molar-refractivity contribution in [2.75, 3.05) is 7.11 Å². The first-order valence-electron chi connectivity index (χ1n) is 5.08. The Morgan fingerprint density at radius 2 is 2.00 bits per heavy atom. The van der Waals surface area contributed by atoms with Crippen LogP contribution in [0.2, 0.25) is 0 Å². The molecule has 0 aliphatic heterocycles. The lowest BCUT2D eigenvalue weighted by atomic mass is 10.1. The molecule has 1 unspecified atom stereocenters. The second kappa shape index (κ2) is 5.33. The molecular weight excluding hydrogens is 218 g/mol. The van der Waals surface area contributed by atoms with Gasteiger partial charge in [-0.25, -0.2) is 10.4 Å². The zero-order chi connectivity index (χ0) is 12.1. The van der Waals surface area contributed by atoms with E-state index in [1.165, 1.54) is 0 Å². The number of hydrogen-bond donors (Lipinski definition) is 2. The molecule has 0 radical (unpaired) electrons. The standard InChI is InChI=1S/C11H13N5O/c1-17-11-10(14-6-7-15-11)9(16-12)8-4-2-3-5-13-8/h2-7,9,16H,12H2,1H3. The summed E-state index contributed by atoms with van der Waals surface area (Å²) in [6, 6.07) is 5.24. The van der Waals surface area contributed by atoms with Crippen LogP contribution in [0.3, 0.4) is 0 Å². The van der Waals surface area contributed by atoms with Crippen molar-refractivity contribution in [1.29, 1.82) is 0 Å². The molecule has 2 aromatic rings. The molecule has 0 bridgehead atoms. The first-order valence-corrected chi connectivity index (χ1v) is 5.08. The third kappa shape index (κ3) is 2.38. The Balaban J connectivity index is 2.42. The van der Waals surface area contributed by atoms with Gasteiger partial charge in [0.05, 0.1) is 12.8 Å². The predicted molar refractivity (Wildman–Crippen MR) is 62.0 cm³/mol. The molecule has 0 fully saturated rings. The maximum atomic E-state index is 5.55. The van der Waals surface area contributed by atoms with E-state index in [2.05, 4.69) is 20.4 Å². The highest BCUT2D eigenvalue weighted by atomic mass is 16.5. The molecule has 6 heteroatoms. The van der Waals surface area contributed by atoms with Gasteiger partial charge in [-0.1, -0.05) is 6.07 Å². The normalized spacial score (nSPS) is 12.1. The Morgan fingerprint density at radius 3 is 2.65 bits per heavy atom. The molecule has 1 atom stereocenters. The Bertz CT molecular complexity index is 476. The summed E-state index contributed by atoms with van der Waals surface area (Å²) in [7, 11) is 1.54. The van der Waals surface area contributed by atoms with Crippen LogP contribution in [-0.4, -0.2) is 22.1 Å². The van der Waals surface area contributed by atoms with Gasteiger partial charge in [0.25, 0.3) is 0 Å². The molecule has 0 spiro atoms. The maximum Gasteiger partial charge on any atom is 0.237 e. The zero-order valence-corrected chi connectivity index (χ0v) is 9.37. The molecule has 2 rings (SSSR count). The molecule has 2 aromatic heterocycles. The third-order valence-corrected chi connectivity index (χ3v) is 2.31. The van der Waals surface area contributed by atoms with Crippen molar-refractivity contribution in [2.45, 2.75) is 6.04 Å². The van der Waals surface area contributed by atoms with Gasteiger partial charge in [-0.2, -0.15) is 0 Å². The Morgan fingerprint density at radius 1 is 1.18 bits per heavy atom. The van der Waals surface area contributed by atoms with Gasteiger partial charge >= 0.3 is 0 Å². The monoisotopic (exact) mass is 231 g/mol. The quantitative estimate of drug-likeness (QED) is 0.586. The van der Waals surface area contributed by atoms with Crippen LogP contribution in [0.25, 0.3) is 0 Å². The van der Waals surface area contributed by atoms with Gasteiger partial charge < -0.3 is 4.74 Å². The highest BCUT2D eigenvalue weighted by molar-refractivity contribution is 5.28. The summed E-state index contributed by atoms with van der Waals surface area (Å²) in [6.07, 6.45) is 4.85. The van der Waals surface area contributed by atoms with Crippen molar-refractivity contribution in [3.8, 4) is 5.88 Å². The highest BCUT2D eigenvalue weighted by Crippen LogP contribution is 2.23. The number of rotatable bonds is 4. The van der Waals surface area contributed by atoms with E-state index in [0.29, 0.717) is 11.6 Å². The Labute approximate surface area is 98.9 Å². The number of pyridine rings is 1. The number of nitrogens with zero attached hydrogens (tertiary/aromatic N) is 3. The molecule has 3 N–H and O–H groups in total. The number of nitrogens with one attached hydrogen (secondary N) is 1. The van der Waals surface area contributed by atoms with Gasteiger partial charge in [0.15, 0.2) is 0 Å². The maximum absolute atomic E-state index is 5.55.